The maximum absolute atomic E-state index is 7.63. The maximum atomic E-state index is 7.63. The zero-order valence-electron chi connectivity index (χ0n) is 24.9. The van der Waals surface area contributed by atoms with Crippen molar-refractivity contribution in [2.24, 2.45) is 0 Å². The predicted molar refractivity (Wildman–Crippen MR) is 195 cm³/mol. The monoisotopic (exact) mass is 617 g/mol. The molecule has 218 valence electrons. The van der Waals surface area contributed by atoms with Crippen LogP contribution in [0.4, 0.5) is 5.69 Å². The average molecular weight is 618 g/mol. The molecule has 4 aromatic heterocycles. The minimum Gasteiger partial charge on any atom is -0.309 e. The average Bonchev–Trinajstić information content (AvgIpc) is 3.79. The van der Waals surface area contributed by atoms with E-state index in [1.165, 1.54) is 4.70 Å². The third-order valence-electron chi connectivity index (χ3n) is 9.15. The van der Waals surface area contributed by atoms with E-state index in [4.69, 9.17) is 16.5 Å². The second-order valence-electron chi connectivity index (χ2n) is 11.8. The molecular formula is C41H23N5S. The number of rotatable bonds is 3. The molecule has 0 amide bonds. The molecule has 0 unspecified atom stereocenters. The van der Waals surface area contributed by atoms with E-state index in [9.17, 15) is 0 Å². The van der Waals surface area contributed by atoms with Crippen LogP contribution in [0.5, 0.6) is 0 Å². The van der Waals surface area contributed by atoms with Gasteiger partial charge in [0.2, 0.25) is 0 Å². The largest absolute Gasteiger partial charge is 0.309 e. The summed E-state index contributed by atoms with van der Waals surface area (Å²) >= 11 is 1.71. The van der Waals surface area contributed by atoms with Crippen LogP contribution >= 0.6 is 11.3 Å². The Kier molecular flexibility index (Phi) is 5.45. The van der Waals surface area contributed by atoms with Gasteiger partial charge in [0.25, 0.3) is 0 Å². The molecule has 0 spiro atoms. The summed E-state index contributed by atoms with van der Waals surface area (Å²) in [6.45, 7) is 7.63. The second kappa shape index (κ2) is 9.85. The summed E-state index contributed by atoms with van der Waals surface area (Å²) < 4.78 is 5.76. The number of hydrogen-bond donors (Lipinski definition) is 0. The Morgan fingerprint density at radius 3 is 2.13 bits per heavy atom. The van der Waals surface area contributed by atoms with E-state index in [-0.39, 0.29) is 0 Å². The first-order valence-electron chi connectivity index (χ1n) is 15.5. The summed E-state index contributed by atoms with van der Waals surface area (Å²) in [5.41, 5.74) is 12.3. The standard InChI is InChI=1S/C41H23N5S/c1-42-28-20-22-35-32(24-28)31-23-27(19-21-34(31)45(35)29-9-3-2-4-10-29)25-15-17-26(18-16-25)38-40-39(30-11-5-6-12-33(30)43-38)44-41-46(40)36-13-7-8-14-37(36)47-41/h2-24H. The van der Waals surface area contributed by atoms with Crippen LogP contribution in [0.25, 0.3) is 91.8 Å². The van der Waals surface area contributed by atoms with Crippen LogP contribution in [0.15, 0.2) is 140 Å². The second-order valence-corrected chi connectivity index (χ2v) is 12.8. The molecule has 6 aromatic carbocycles. The third kappa shape index (κ3) is 3.81. The van der Waals surface area contributed by atoms with Crippen LogP contribution in [0.1, 0.15) is 0 Å². The Bertz CT molecular complexity index is 2900. The molecule has 6 heteroatoms. The van der Waals surface area contributed by atoms with Gasteiger partial charge in [-0.05, 0) is 71.1 Å². The predicted octanol–water partition coefficient (Wildman–Crippen LogP) is 11.2. The number of fused-ring (bicyclic) bond motifs is 10. The van der Waals surface area contributed by atoms with E-state index in [1.807, 2.05) is 24.3 Å². The fraction of sp³-hybridized carbons (Fsp3) is 0. The highest BCUT2D eigenvalue weighted by Gasteiger charge is 2.20. The molecule has 0 fully saturated rings. The zero-order chi connectivity index (χ0) is 31.1. The molecule has 0 bridgehead atoms. The van der Waals surface area contributed by atoms with Crippen molar-refractivity contribution in [1.29, 1.82) is 0 Å². The lowest BCUT2D eigenvalue weighted by atomic mass is 9.99. The summed E-state index contributed by atoms with van der Waals surface area (Å²) in [6, 6.07) is 48.5. The topological polar surface area (TPSA) is 39.5 Å². The third-order valence-corrected chi connectivity index (χ3v) is 10.2. The van der Waals surface area contributed by atoms with Crippen LogP contribution in [-0.4, -0.2) is 18.9 Å². The van der Waals surface area contributed by atoms with Gasteiger partial charge in [0.15, 0.2) is 10.6 Å². The highest BCUT2D eigenvalue weighted by Crippen LogP contribution is 2.40. The van der Waals surface area contributed by atoms with Crippen molar-refractivity contribution in [3.8, 4) is 28.1 Å². The molecule has 5 nitrogen and oxygen atoms in total. The van der Waals surface area contributed by atoms with Crippen molar-refractivity contribution in [2.45, 2.75) is 0 Å². The highest BCUT2D eigenvalue weighted by atomic mass is 32.1. The van der Waals surface area contributed by atoms with Gasteiger partial charge in [-0.3, -0.25) is 4.40 Å². The van der Waals surface area contributed by atoms with Crippen LogP contribution in [-0.2, 0) is 0 Å². The smallest absolute Gasteiger partial charge is 0.195 e. The van der Waals surface area contributed by atoms with Gasteiger partial charge in [-0.2, -0.15) is 0 Å². The van der Waals surface area contributed by atoms with Crippen molar-refractivity contribution in [3.63, 3.8) is 0 Å². The molecular weight excluding hydrogens is 595 g/mol. The maximum Gasteiger partial charge on any atom is 0.195 e. The summed E-state index contributed by atoms with van der Waals surface area (Å²) in [5.74, 6) is 0. The number of para-hydroxylation sites is 3. The Balaban J connectivity index is 1.16. The minimum absolute atomic E-state index is 0.640. The number of pyridine rings is 1. The molecule has 10 aromatic rings. The van der Waals surface area contributed by atoms with Crippen molar-refractivity contribution >= 4 is 75.9 Å². The van der Waals surface area contributed by atoms with E-state index in [1.54, 1.807) is 11.3 Å². The fourth-order valence-corrected chi connectivity index (χ4v) is 8.03. The molecule has 4 heterocycles. The van der Waals surface area contributed by atoms with E-state index in [2.05, 4.69) is 129 Å². The molecule has 0 saturated heterocycles. The SMILES string of the molecule is [C-]#[N+]c1ccc2c(c1)c1cc(-c3ccc(-c4nc5ccccc5c5nc6sc7ccccc7n6c45)cc3)ccc1n2-c1ccccc1. The van der Waals surface area contributed by atoms with Gasteiger partial charge in [0, 0.05) is 22.0 Å². The summed E-state index contributed by atoms with van der Waals surface area (Å²) in [6.07, 6.45) is 0. The lowest BCUT2D eigenvalue weighted by Gasteiger charge is -2.10. The number of imidazole rings is 1. The molecule has 0 atom stereocenters. The summed E-state index contributed by atoms with van der Waals surface area (Å²) in [4.78, 5) is 15.1. The quantitative estimate of drug-likeness (QED) is 0.185. The highest BCUT2D eigenvalue weighted by molar-refractivity contribution is 7.23. The van der Waals surface area contributed by atoms with E-state index < -0.39 is 0 Å². The van der Waals surface area contributed by atoms with Gasteiger partial charge in [-0.15, -0.1) is 0 Å². The van der Waals surface area contributed by atoms with E-state index in [0.29, 0.717) is 5.69 Å². The first kappa shape index (κ1) is 26.0. The van der Waals surface area contributed by atoms with Crippen LogP contribution in [0.3, 0.4) is 0 Å². The normalized spacial score (nSPS) is 11.8. The van der Waals surface area contributed by atoms with Gasteiger partial charge in [0.05, 0.1) is 39.0 Å². The van der Waals surface area contributed by atoms with E-state index in [0.717, 1.165) is 82.3 Å². The van der Waals surface area contributed by atoms with Gasteiger partial charge in [0.1, 0.15) is 11.0 Å². The van der Waals surface area contributed by atoms with Crippen molar-refractivity contribution in [2.75, 3.05) is 0 Å². The van der Waals surface area contributed by atoms with E-state index >= 15 is 0 Å². The Morgan fingerprint density at radius 2 is 1.28 bits per heavy atom. The van der Waals surface area contributed by atoms with Crippen LogP contribution in [0, 0.1) is 6.57 Å². The first-order valence-corrected chi connectivity index (χ1v) is 16.3. The lowest BCUT2D eigenvalue weighted by Crippen LogP contribution is -1.93. The zero-order valence-corrected chi connectivity index (χ0v) is 25.7. The molecule has 0 N–H and O–H groups in total. The summed E-state index contributed by atoms with van der Waals surface area (Å²) in [5, 5.41) is 3.26. The minimum atomic E-state index is 0.640. The Hall–Kier alpha value is -6.29. The Morgan fingerprint density at radius 1 is 0.574 bits per heavy atom. The van der Waals surface area contributed by atoms with Crippen molar-refractivity contribution in [1.82, 2.24) is 18.9 Å². The number of aromatic nitrogens is 4. The number of nitrogens with zero attached hydrogens (tertiary/aromatic N) is 5. The van der Waals surface area contributed by atoms with Gasteiger partial charge >= 0.3 is 0 Å². The summed E-state index contributed by atoms with van der Waals surface area (Å²) in [7, 11) is 0. The Labute approximate surface area is 273 Å². The number of thiazole rings is 1. The molecule has 0 saturated carbocycles. The molecule has 47 heavy (non-hydrogen) atoms. The molecule has 0 aliphatic carbocycles. The van der Waals surface area contributed by atoms with Crippen LogP contribution < -0.4 is 0 Å². The number of benzene rings is 6. The van der Waals surface area contributed by atoms with Gasteiger partial charge in [-0.1, -0.05) is 96.3 Å². The molecule has 0 radical (unpaired) electrons. The molecule has 0 aliphatic heterocycles. The van der Waals surface area contributed by atoms with Crippen LogP contribution in [0.2, 0.25) is 0 Å². The lowest BCUT2D eigenvalue weighted by molar-refractivity contribution is 1.18. The van der Waals surface area contributed by atoms with Gasteiger partial charge < -0.3 is 4.57 Å². The molecule has 10 rings (SSSR count). The first-order chi connectivity index (χ1) is 23.2. The van der Waals surface area contributed by atoms with Crippen molar-refractivity contribution < 1.29 is 0 Å². The molecule has 0 aliphatic rings. The number of hydrogen-bond acceptors (Lipinski definition) is 3. The fourth-order valence-electron chi connectivity index (χ4n) is 7.01. The van der Waals surface area contributed by atoms with Gasteiger partial charge in [-0.25, -0.2) is 14.8 Å². The van der Waals surface area contributed by atoms with Crippen molar-refractivity contribution in [3.05, 3.63) is 151 Å².